The Bertz CT molecular complexity index is 623. The second kappa shape index (κ2) is 5.23. The zero-order chi connectivity index (χ0) is 16.1. The van der Waals surface area contributed by atoms with Crippen LogP contribution in [0.3, 0.4) is 0 Å². The van der Waals surface area contributed by atoms with E-state index in [-0.39, 0.29) is 28.1 Å². The highest BCUT2D eigenvalue weighted by molar-refractivity contribution is 8.01. The van der Waals surface area contributed by atoms with E-state index in [0.717, 1.165) is 12.1 Å². The average molecular weight is 339 g/mol. The van der Waals surface area contributed by atoms with E-state index in [1.54, 1.807) is 16.7 Å². The highest BCUT2D eigenvalue weighted by Gasteiger charge is 2.52. The molecule has 120 valence electrons. The standard InChI is InChI=1S/C15H21N3O2S2/c1-14(2,3)10-8-21-13(16-10)17-12(20)9-7-22-15(4)6-5-11(19)18(9)15/h8-9H,5-7H2,1-4H3,(H,16,17,20)/t9-,15-/m1/s1. The van der Waals surface area contributed by atoms with Crippen LogP contribution in [0.1, 0.15) is 46.2 Å². The Morgan fingerprint density at radius 1 is 1.50 bits per heavy atom. The summed E-state index contributed by atoms with van der Waals surface area (Å²) in [6, 6.07) is -0.382. The third-order valence-electron chi connectivity index (χ3n) is 4.25. The first-order valence-electron chi connectivity index (χ1n) is 7.44. The van der Waals surface area contributed by atoms with Gasteiger partial charge in [-0.15, -0.1) is 23.1 Å². The molecule has 7 heteroatoms. The predicted octanol–water partition coefficient (Wildman–Crippen LogP) is 2.83. The van der Waals surface area contributed by atoms with Crippen molar-refractivity contribution in [2.75, 3.05) is 11.1 Å². The molecule has 2 atom stereocenters. The number of amides is 2. The lowest BCUT2D eigenvalue weighted by atomic mass is 9.93. The Morgan fingerprint density at radius 3 is 2.86 bits per heavy atom. The molecule has 0 unspecified atom stereocenters. The molecule has 0 spiro atoms. The normalized spacial score (nSPS) is 28.1. The van der Waals surface area contributed by atoms with Crippen molar-refractivity contribution in [3.63, 3.8) is 0 Å². The van der Waals surface area contributed by atoms with Gasteiger partial charge in [-0.05, 0) is 13.3 Å². The molecular weight excluding hydrogens is 318 g/mol. The van der Waals surface area contributed by atoms with Crippen LogP contribution in [0.25, 0.3) is 0 Å². The molecule has 3 rings (SSSR count). The van der Waals surface area contributed by atoms with Crippen LogP contribution in [0.5, 0.6) is 0 Å². The van der Waals surface area contributed by atoms with Gasteiger partial charge in [-0.25, -0.2) is 4.98 Å². The molecule has 0 bridgehead atoms. The fourth-order valence-electron chi connectivity index (χ4n) is 2.88. The largest absolute Gasteiger partial charge is 0.315 e. The van der Waals surface area contributed by atoms with Gasteiger partial charge in [0.1, 0.15) is 6.04 Å². The molecule has 1 N–H and O–H groups in total. The summed E-state index contributed by atoms with van der Waals surface area (Å²) in [5.41, 5.74) is 0.933. The Morgan fingerprint density at radius 2 is 2.23 bits per heavy atom. The minimum absolute atomic E-state index is 0.0355. The number of hydrogen-bond acceptors (Lipinski definition) is 5. The monoisotopic (exact) mass is 339 g/mol. The molecule has 0 saturated carbocycles. The molecule has 22 heavy (non-hydrogen) atoms. The molecule has 1 aromatic rings. The minimum Gasteiger partial charge on any atom is -0.315 e. The first-order chi connectivity index (χ1) is 10.2. The predicted molar refractivity (Wildman–Crippen MR) is 90.2 cm³/mol. The number of rotatable bonds is 2. The summed E-state index contributed by atoms with van der Waals surface area (Å²) in [5.74, 6) is 0.620. The van der Waals surface area contributed by atoms with Gasteiger partial charge in [0, 0.05) is 23.0 Å². The second-order valence-electron chi connectivity index (χ2n) is 7.04. The lowest BCUT2D eigenvalue weighted by Gasteiger charge is -2.29. The molecule has 3 heterocycles. The lowest BCUT2D eigenvalue weighted by Crippen LogP contribution is -2.48. The molecule has 0 aliphatic carbocycles. The maximum atomic E-state index is 12.6. The highest BCUT2D eigenvalue weighted by Crippen LogP contribution is 2.47. The number of aromatic nitrogens is 1. The Balaban J connectivity index is 1.73. The van der Waals surface area contributed by atoms with Gasteiger partial charge in [-0.1, -0.05) is 20.8 Å². The smallest absolute Gasteiger partial charge is 0.249 e. The van der Waals surface area contributed by atoms with Crippen LogP contribution in [0, 0.1) is 0 Å². The van der Waals surface area contributed by atoms with Gasteiger partial charge in [0.15, 0.2) is 5.13 Å². The molecular formula is C15H21N3O2S2. The number of nitrogens with one attached hydrogen (secondary N) is 1. The molecule has 2 amide bonds. The first-order valence-corrected chi connectivity index (χ1v) is 9.30. The van der Waals surface area contributed by atoms with Crippen LogP contribution < -0.4 is 5.32 Å². The Kier molecular flexibility index (Phi) is 3.76. The fraction of sp³-hybridized carbons (Fsp3) is 0.667. The summed E-state index contributed by atoms with van der Waals surface area (Å²) in [4.78, 5) is 30.7. The second-order valence-corrected chi connectivity index (χ2v) is 9.40. The molecule has 0 radical (unpaired) electrons. The van der Waals surface area contributed by atoms with Gasteiger partial charge < -0.3 is 10.2 Å². The maximum absolute atomic E-state index is 12.6. The topological polar surface area (TPSA) is 62.3 Å². The molecule has 2 fully saturated rings. The number of nitrogens with zero attached hydrogens (tertiary/aromatic N) is 2. The van der Waals surface area contributed by atoms with Gasteiger partial charge in [0.25, 0.3) is 0 Å². The summed E-state index contributed by atoms with van der Waals surface area (Å²) in [6.45, 7) is 8.33. The van der Waals surface area contributed by atoms with E-state index in [0.29, 0.717) is 17.3 Å². The van der Waals surface area contributed by atoms with Crippen molar-refractivity contribution >= 4 is 40.0 Å². The van der Waals surface area contributed by atoms with E-state index in [4.69, 9.17) is 0 Å². The maximum Gasteiger partial charge on any atom is 0.249 e. The summed E-state index contributed by atoms with van der Waals surface area (Å²) in [6.07, 6.45) is 1.37. The minimum atomic E-state index is -0.382. The zero-order valence-corrected chi connectivity index (χ0v) is 14.9. The number of carbonyl (C=O) groups excluding carboxylic acids is 2. The summed E-state index contributed by atoms with van der Waals surface area (Å²) in [5, 5.41) is 5.48. The van der Waals surface area contributed by atoms with Crippen LogP contribution in [-0.2, 0) is 15.0 Å². The number of hydrogen-bond donors (Lipinski definition) is 1. The van der Waals surface area contributed by atoms with Crippen LogP contribution in [-0.4, -0.2) is 38.4 Å². The van der Waals surface area contributed by atoms with Gasteiger partial charge >= 0.3 is 0 Å². The van der Waals surface area contributed by atoms with E-state index < -0.39 is 0 Å². The number of carbonyl (C=O) groups is 2. The van der Waals surface area contributed by atoms with E-state index in [1.165, 1.54) is 11.3 Å². The number of thioether (sulfide) groups is 1. The van der Waals surface area contributed by atoms with Crippen molar-refractivity contribution < 1.29 is 9.59 Å². The molecule has 0 aromatic carbocycles. The Labute approximate surface area is 138 Å². The number of fused-ring (bicyclic) bond motifs is 1. The van der Waals surface area contributed by atoms with Crippen LogP contribution in [0.2, 0.25) is 0 Å². The SMILES string of the molecule is CC(C)(C)c1csc(NC(=O)[C@H]2CS[C@]3(C)CCC(=O)N23)n1. The van der Waals surface area contributed by atoms with Crippen LogP contribution in [0.4, 0.5) is 5.13 Å². The van der Waals surface area contributed by atoms with Crippen molar-refractivity contribution in [2.45, 2.75) is 56.9 Å². The van der Waals surface area contributed by atoms with Crippen molar-refractivity contribution in [2.24, 2.45) is 0 Å². The van der Waals surface area contributed by atoms with Crippen molar-refractivity contribution in [3.8, 4) is 0 Å². The van der Waals surface area contributed by atoms with Gasteiger partial charge in [0.2, 0.25) is 11.8 Å². The van der Waals surface area contributed by atoms with Crippen molar-refractivity contribution in [3.05, 3.63) is 11.1 Å². The van der Waals surface area contributed by atoms with Crippen LogP contribution >= 0.6 is 23.1 Å². The van der Waals surface area contributed by atoms with E-state index in [9.17, 15) is 9.59 Å². The summed E-state index contributed by atoms with van der Waals surface area (Å²) < 4.78 is 0. The first kappa shape index (κ1) is 15.8. The zero-order valence-electron chi connectivity index (χ0n) is 13.3. The molecule has 1 aromatic heterocycles. The molecule has 5 nitrogen and oxygen atoms in total. The molecule has 2 saturated heterocycles. The Hall–Kier alpha value is -1.08. The van der Waals surface area contributed by atoms with Gasteiger partial charge in [0.05, 0.1) is 10.6 Å². The average Bonchev–Trinajstić information content (AvgIpc) is 3.06. The number of thiazole rings is 1. The van der Waals surface area contributed by atoms with Crippen LogP contribution in [0.15, 0.2) is 5.38 Å². The third kappa shape index (κ3) is 2.65. The summed E-state index contributed by atoms with van der Waals surface area (Å²) in [7, 11) is 0. The quantitative estimate of drug-likeness (QED) is 0.900. The van der Waals surface area contributed by atoms with Crippen molar-refractivity contribution in [1.82, 2.24) is 9.88 Å². The molecule has 2 aliphatic rings. The van der Waals surface area contributed by atoms with E-state index in [2.05, 4.69) is 38.0 Å². The lowest BCUT2D eigenvalue weighted by molar-refractivity contribution is -0.135. The van der Waals surface area contributed by atoms with E-state index in [1.807, 2.05) is 5.38 Å². The summed E-state index contributed by atoms with van der Waals surface area (Å²) >= 11 is 3.14. The van der Waals surface area contributed by atoms with E-state index >= 15 is 0 Å². The highest BCUT2D eigenvalue weighted by atomic mass is 32.2. The van der Waals surface area contributed by atoms with Gasteiger partial charge in [-0.2, -0.15) is 0 Å². The number of anilines is 1. The molecule has 2 aliphatic heterocycles. The van der Waals surface area contributed by atoms with Gasteiger partial charge in [-0.3, -0.25) is 9.59 Å². The third-order valence-corrected chi connectivity index (χ3v) is 6.51. The van der Waals surface area contributed by atoms with Crippen molar-refractivity contribution in [1.29, 1.82) is 0 Å². The fourth-order valence-corrected chi connectivity index (χ4v) is 5.25.